The highest BCUT2D eigenvalue weighted by atomic mass is 16.4. The van der Waals surface area contributed by atoms with Crippen molar-refractivity contribution in [1.82, 2.24) is 10.2 Å². The second-order valence-corrected chi connectivity index (χ2v) is 4.15. The standard InChI is InChI=1S/C12H14N2O3/c1-8-2-4-9(5-3-8)7-14-10(11(15)16)6-13-12(14)17/h2-5,10H,6-7H2,1H3,(H,13,17)(H,15,16). The minimum Gasteiger partial charge on any atom is -0.480 e. The van der Waals surface area contributed by atoms with Crippen LogP contribution in [-0.4, -0.2) is 34.6 Å². The lowest BCUT2D eigenvalue weighted by atomic mass is 10.1. The van der Waals surface area contributed by atoms with Crippen molar-refractivity contribution in [1.29, 1.82) is 0 Å². The van der Waals surface area contributed by atoms with Crippen molar-refractivity contribution in [2.45, 2.75) is 19.5 Å². The Balaban J connectivity index is 2.13. The van der Waals surface area contributed by atoms with Crippen LogP contribution in [-0.2, 0) is 11.3 Å². The number of aryl methyl sites for hydroxylation is 1. The van der Waals surface area contributed by atoms with Gasteiger partial charge in [0.2, 0.25) is 0 Å². The van der Waals surface area contributed by atoms with E-state index in [9.17, 15) is 9.59 Å². The van der Waals surface area contributed by atoms with Gasteiger partial charge in [0.05, 0.1) is 6.54 Å². The molecule has 0 aliphatic carbocycles. The van der Waals surface area contributed by atoms with Gasteiger partial charge in [-0.05, 0) is 12.5 Å². The topological polar surface area (TPSA) is 69.6 Å². The number of nitrogens with zero attached hydrogens (tertiary/aromatic N) is 1. The fourth-order valence-corrected chi connectivity index (χ4v) is 1.83. The molecule has 5 nitrogen and oxygen atoms in total. The van der Waals surface area contributed by atoms with Crippen LogP contribution < -0.4 is 5.32 Å². The maximum atomic E-state index is 11.5. The molecule has 0 spiro atoms. The van der Waals surface area contributed by atoms with Crippen LogP contribution in [0.25, 0.3) is 0 Å². The van der Waals surface area contributed by atoms with Crippen molar-refractivity contribution in [2.24, 2.45) is 0 Å². The number of hydrogen-bond donors (Lipinski definition) is 2. The molecule has 1 saturated heterocycles. The van der Waals surface area contributed by atoms with Gasteiger partial charge >= 0.3 is 12.0 Å². The zero-order valence-corrected chi connectivity index (χ0v) is 9.51. The summed E-state index contributed by atoms with van der Waals surface area (Å²) in [4.78, 5) is 23.8. The zero-order chi connectivity index (χ0) is 12.4. The molecule has 0 aromatic heterocycles. The molecule has 1 aliphatic rings. The summed E-state index contributed by atoms with van der Waals surface area (Å²) in [6.07, 6.45) is 0. The third-order valence-electron chi connectivity index (χ3n) is 2.84. The van der Waals surface area contributed by atoms with Crippen LogP contribution in [0.5, 0.6) is 0 Å². The molecule has 1 fully saturated rings. The molecule has 2 amide bonds. The Labute approximate surface area is 99.0 Å². The van der Waals surface area contributed by atoms with Crippen molar-refractivity contribution in [3.05, 3.63) is 35.4 Å². The van der Waals surface area contributed by atoms with E-state index in [-0.39, 0.29) is 12.6 Å². The van der Waals surface area contributed by atoms with E-state index >= 15 is 0 Å². The number of amides is 2. The maximum absolute atomic E-state index is 11.5. The van der Waals surface area contributed by atoms with Crippen LogP contribution >= 0.6 is 0 Å². The molecule has 1 aromatic rings. The molecule has 1 heterocycles. The van der Waals surface area contributed by atoms with Crippen molar-refractivity contribution in [3.8, 4) is 0 Å². The Morgan fingerprint density at radius 2 is 2.12 bits per heavy atom. The number of carbonyl (C=O) groups excluding carboxylic acids is 1. The van der Waals surface area contributed by atoms with Gasteiger partial charge in [0.1, 0.15) is 6.04 Å². The average molecular weight is 234 g/mol. The van der Waals surface area contributed by atoms with E-state index in [2.05, 4.69) is 5.32 Å². The lowest BCUT2D eigenvalue weighted by Crippen LogP contribution is -2.38. The number of carbonyl (C=O) groups is 2. The molecule has 1 unspecified atom stereocenters. The molecule has 1 aliphatic heterocycles. The first-order chi connectivity index (χ1) is 8.08. The smallest absolute Gasteiger partial charge is 0.328 e. The molecule has 1 atom stereocenters. The van der Waals surface area contributed by atoms with Crippen LogP contribution in [0, 0.1) is 6.92 Å². The predicted molar refractivity (Wildman–Crippen MR) is 61.5 cm³/mol. The highest BCUT2D eigenvalue weighted by molar-refractivity contribution is 5.86. The number of benzene rings is 1. The summed E-state index contributed by atoms with van der Waals surface area (Å²) >= 11 is 0. The lowest BCUT2D eigenvalue weighted by molar-refractivity contribution is -0.141. The molecule has 2 rings (SSSR count). The average Bonchev–Trinajstić information content (AvgIpc) is 2.64. The van der Waals surface area contributed by atoms with Gasteiger partial charge in [-0.1, -0.05) is 29.8 Å². The molecule has 0 radical (unpaired) electrons. The summed E-state index contributed by atoms with van der Waals surface area (Å²) < 4.78 is 0. The molecule has 1 aromatic carbocycles. The molecule has 5 heteroatoms. The van der Waals surface area contributed by atoms with Gasteiger partial charge in [-0.15, -0.1) is 0 Å². The van der Waals surface area contributed by atoms with E-state index in [1.165, 1.54) is 4.90 Å². The third kappa shape index (κ3) is 2.38. The number of aliphatic carboxylic acids is 1. The number of rotatable bonds is 3. The van der Waals surface area contributed by atoms with Gasteiger partial charge in [0.15, 0.2) is 0 Å². The first-order valence-electron chi connectivity index (χ1n) is 5.41. The number of carboxylic acids is 1. The molecular weight excluding hydrogens is 220 g/mol. The Kier molecular flexibility index (Phi) is 2.99. The molecule has 0 bridgehead atoms. The maximum Gasteiger partial charge on any atom is 0.328 e. The van der Waals surface area contributed by atoms with E-state index in [1.807, 2.05) is 31.2 Å². The highest BCUT2D eigenvalue weighted by Crippen LogP contribution is 2.13. The van der Waals surface area contributed by atoms with E-state index in [1.54, 1.807) is 0 Å². The number of hydrogen-bond acceptors (Lipinski definition) is 2. The number of urea groups is 1. The summed E-state index contributed by atoms with van der Waals surface area (Å²) in [5.74, 6) is -0.976. The Hall–Kier alpha value is -2.04. The Morgan fingerprint density at radius 1 is 1.47 bits per heavy atom. The number of nitrogens with one attached hydrogen (secondary N) is 1. The minimum absolute atomic E-state index is 0.167. The quantitative estimate of drug-likeness (QED) is 0.818. The lowest BCUT2D eigenvalue weighted by Gasteiger charge is -2.19. The van der Waals surface area contributed by atoms with Gasteiger partial charge in [0, 0.05) is 6.54 Å². The van der Waals surface area contributed by atoms with Crippen molar-refractivity contribution >= 4 is 12.0 Å². The molecule has 0 saturated carbocycles. The SMILES string of the molecule is Cc1ccc(CN2C(=O)NCC2C(=O)O)cc1. The normalized spacial score (nSPS) is 19.2. The summed E-state index contributed by atoms with van der Waals surface area (Å²) in [6, 6.07) is 6.60. The van der Waals surface area contributed by atoms with E-state index in [4.69, 9.17) is 5.11 Å². The zero-order valence-electron chi connectivity index (χ0n) is 9.51. The van der Waals surface area contributed by atoms with Crippen molar-refractivity contribution in [2.75, 3.05) is 6.54 Å². The first kappa shape index (κ1) is 11.4. The van der Waals surface area contributed by atoms with Crippen LogP contribution in [0.3, 0.4) is 0 Å². The second-order valence-electron chi connectivity index (χ2n) is 4.15. The summed E-state index contributed by atoms with van der Waals surface area (Å²) in [6.45, 7) is 2.47. The van der Waals surface area contributed by atoms with Crippen molar-refractivity contribution < 1.29 is 14.7 Å². The van der Waals surface area contributed by atoms with Gasteiger partial charge in [0.25, 0.3) is 0 Å². The minimum atomic E-state index is -0.976. The van der Waals surface area contributed by atoms with Crippen LogP contribution in [0.1, 0.15) is 11.1 Å². The predicted octanol–water partition coefficient (Wildman–Crippen LogP) is 0.973. The Bertz CT molecular complexity index is 442. The van der Waals surface area contributed by atoms with Crippen molar-refractivity contribution in [3.63, 3.8) is 0 Å². The van der Waals surface area contributed by atoms with Crippen LogP contribution in [0.4, 0.5) is 4.79 Å². The van der Waals surface area contributed by atoms with Gasteiger partial charge in [-0.3, -0.25) is 0 Å². The van der Waals surface area contributed by atoms with E-state index in [0.29, 0.717) is 6.54 Å². The molecule has 2 N–H and O–H groups in total. The molecule has 90 valence electrons. The second kappa shape index (κ2) is 4.45. The number of carboxylic acid groups (broad SMARTS) is 1. The van der Waals surface area contributed by atoms with Gasteiger partial charge in [-0.2, -0.15) is 0 Å². The van der Waals surface area contributed by atoms with Crippen LogP contribution in [0.15, 0.2) is 24.3 Å². The fourth-order valence-electron chi connectivity index (χ4n) is 1.83. The molecular formula is C12H14N2O3. The monoisotopic (exact) mass is 234 g/mol. The fraction of sp³-hybridized carbons (Fsp3) is 0.333. The van der Waals surface area contributed by atoms with E-state index < -0.39 is 12.0 Å². The largest absolute Gasteiger partial charge is 0.480 e. The summed E-state index contributed by atoms with van der Waals surface area (Å²) in [5.41, 5.74) is 2.06. The molecule has 17 heavy (non-hydrogen) atoms. The third-order valence-corrected chi connectivity index (χ3v) is 2.84. The van der Waals surface area contributed by atoms with E-state index in [0.717, 1.165) is 11.1 Å². The Morgan fingerprint density at radius 3 is 2.71 bits per heavy atom. The first-order valence-corrected chi connectivity index (χ1v) is 5.41. The summed E-state index contributed by atoms with van der Waals surface area (Å²) in [5, 5.41) is 11.5. The van der Waals surface area contributed by atoms with Gasteiger partial charge in [-0.25, -0.2) is 9.59 Å². The highest BCUT2D eigenvalue weighted by Gasteiger charge is 2.35. The summed E-state index contributed by atoms with van der Waals surface area (Å²) in [7, 11) is 0. The van der Waals surface area contributed by atoms with Crippen LogP contribution in [0.2, 0.25) is 0 Å². The van der Waals surface area contributed by atoms with Gasteiger partial charge < -0.3 is 15.3 Å².